The number of Topliss-reactive ketones (excluding diaryl/α,β-unsaturated/α-hetero) is 1. The van der Waals surface area contributed by atoms with E-state index in [1.54, 1.807) is 19.1 Å². The first-order valence-corrected chi connectivity index (χ1v) is 4.83. The number of nitrogens with one attached hydrogen (secondary N) is 1. The molecule has 0 saturated heterocycles. The molecule has 0 aromatic heterocycles. The van der Waals surface area contributed by atoms with Crippen molar-refractivity contribution in [2.45, 2.75) is 26.3 Å². The number of hydrogen-bond acceptors (Lipinski definition) is 2. The zero-order valence-corrected chi connectivity index (χ0v) is 9.05. The highest BCUT2D eigenvalue weighted by Gasteiger charge is 2.12. The number of ketones is 1. The molecule has 0 radical (unpaired) electrons. The molecule has 78 valence electrons. The molecule has 2 heteroatoms. The third-order valence-corrected chi connectivity index (χ3v) is 1.98. The first kappa shape index (κ1) is 12.8. The molecule has 0 aliphatic heterocycles. The van der Waals surface area contributed by atoms with Gasteiger partial charge in [-0.25, -0.2) is 0 Å². The van der Waals surface area contributed by atoms with Crippen LogP contribution >= 0.6 is 0 Å². The largest absolute Gasteiger partial charge is 0.307 e. The van der Waals surface area contributed by atoms with Crippen LogP contribution in [0.3, 0.4) is 0 Å². The molecule has 1 N–H and O–H groups in total. The standard InChI is InChI=1S/C12H19NO/c1-5-8-11(6-2)9-12(10(4)14)13-7-3/h5-6,8,12-13H,1-2,7,9H2,3-4H3/b11-8+/t12-/m0/s1. The third-order valence-electron chi connectivity index (χ3n) is 1.98. The van der Waals surface area contributed by atoms with E-state index in [9.17, 15) is 4.79 Å². The van der Waals surface area contributed by atoms with Gasteiger partial charge in [0.1, 0.15) is 5.78 Å². The van der Waals surface area contributed by atoms with Crippen LogP contribution in [-0.2, 0) is 4.79 Å². The van der Waals surface area contributed by atoms with E-state index in [1.807, 2.05) is 13.0 Å². The summed E-state index contributed by atoms with van der Waals surface area (Å²) in [5.74, 6) is 0.156. The van der Waals surface area contributed by atoms with Crippen molar-refractivity contribution in [2.24, 2.45) is 0 Å². The zero-order chi connectivity index (χ0) is 11.0. The van der Waals surface area contributed by atoms with Crippen molar-refractivity contribution in [3.63, 3.8) is 0 Å². The second kappa shape index (κ2) is 7.27. The molecule has 0 amide bonds. The Morgan fingerprint density at radius 2 is 2.14 bits per heavy atom. The van der Waals surface area contributed by atoms with E-state index in [4.69, 9.17) is 0 Å². The maximum Gasteiger partial charge on any atom is 0.147 e. The van der Waals surface area contributed by atoms with Gasteiger partial charge in [-0.3, -0.25) is 4.79 Å². The molecule has 0 aliphatic rings. The predicted octanol–water partition coefficient (Wildman–Crippen LogP) is 2.24. The Hall–Kier alpha value is -1.15. The van der Waals surface area contributed by atoms with Crippen LogP contribution in [0.15, 0.2) is 37.0 Å². The van der Waals surface area contributed by atoms with Crippen molar-refractivity contribution in [1.29, 1.82) is 0 Å². The van der Waals surface area contributed by atoms with Gasteiger partial charge in [0.15, 0.2) is 0 Å². The summed E-state index contributed by atoms with van der Waals surface area (Å²) < 4.78 is 0. The molecule has 0 saturated carbocycles. The highest BCUT2D eigenvalue weighted by molar-refractivity contribution is 5.81. The molecular weight excluding hydrogens is 174 g/mol. The second-order valence-corrected chi connectivity index (χ2v) is 3.11. The van der Waals surface area contributed by atoms with Crippen molar-refractivity contribution in [3.05, 3.63) is 37.0 Å². The van der Waals surface area contributed by atoms with Crippen LogP contribution in [0.25, 0.3) is 0 Å². The van der Waals surface area contributed by atoms with Gasteiger partial charge in [-0.2, -0.15) is 0 Å². The average Bonchev–Trinajstić information content (AvgIpc) is 2.15. The molecule has 0 rings (SSSR count). The minimum Gasteiger partial charge on any atom is -0.307 e. The van der Waals surface area contributed by atoms with E-state index in [-0.39, 0.29) is 11.8 Å². The van der Waals surface area contributed by atoms with Gasteiger partial charge in [0.2, 0.25) is 0 Å². The number of carbonyl (C=O) groups is 1. The Morgan fingerprint density at radius 1 is 1.50 bits per heavy atom. The molecule has 0 bridgehead atoms. The van der Waals surface area contributed by atoms with Gasteiger partial charge >= 0.3 is 0 Å². The maximum atomic E-state index is 11.2. The summed E-state index contributed by atoms with van der Waals surface area (Å²) >= 11 is 0. The first-order chi connectivity index (χ1) is 6.65. The smallest absolute Gasteiger partial charge is 0.147 e. The molecular formula is C12H19NO. The number of likely N-dealkylation sites (N-methyl/N-ethyl adjacent to an activating group) is 1. The summed E-state index contributed by atoms with van der Waals surface area (Å²) in [6, 6.07) is -0.107. The first-order valence-electron chi connectivity index (χ1n) is 4.83. The fourth-order valence-electron chi connectivity index (χ4n) is 1.21. The van der Waals surface area contributed by atoms with Gasteiger partial charge in [-0.15, -0.1) is 0 Å². The lowest BCUT2D eigenvalue weighted by atomic mass is 10.0. The van der Waals surface area contributed by atoms with Crippen molar-refractivity contribution in [3.8, 4) is 0 Å². The summed E-state index contributed by atoms with van der Waals surface area (Å²) in [5, 5.41) is 3.13. The van der Waals surface area contributed by atoms with E-state index in [0.717, 1.165) is 12.1 Å². The second-order valence-electron chi connectivity index (χ2n) is 3.11. The number of allylic oxidation sites excluding steroid dienone is 3. The van der Waals surface area contributed by atoms with Gasteiger partial charge in [0, 0.05) is 0 Å². The van der Waals surface area contributed by atoms with E-state index in [2.05, 4.69) is 18.5 Å². The maximum absolute atomic E-state index is 11.2. The number of hydrogen-bond donors (Lipinski definition) is 1. The molecule has 0 aliphatic carbocycles. The quantitative estimate of drug-likeness (QED) is 0.628. The third kappa shape index (κ3) is 4.77. The Bertz CT molecular complexity index is 241. The lowest BCUT2D eigenvalue weighted by molar-refractivity contribution is -0.118. The summed E-state index contributed by atoms with van der Waals surface area (Å²) in [7, 11) is 0. The molecule has 1 atom stereocenters. The molecule has 0 unspecified atom stereocenters. The Labute approximate surface area is 86.4 Å². The minimum atomic E-state index is -0.107. The van der Waals surface area contributed by atoms with Crippen LogP contribution in [0, 0.1) is 0 Å². The molecule has 0 aromatic carbocycles. The van der Waals surface area contributed by atoms with E-state index >= 15 is 0 Å². The summed E-state index contributed by atoms with van der Waals surface area (Å²) in [4.78, 5) is 11.2. The van der Waals surface area contributed by atoms with Crippen molar-refractivity contribution in [1.82, 2.24) is 5.32 Å². The van der Waals surface area contributed by atoms with Gasteiger partial charge in [0.05, 0.1) is 6.04 Å². The molecule has 14 heavy (non-hydrogen) atoms. The van der Waals surface area contributed by atoms with Crippen LogP contribution in [0.2, 0.25) is 0 Å². The van der Waals surface area contributed by atoms with Crippen LogP contribution in [0.1, 0.15) is 20.3 Å². The lowest BCUT2D eigenvalue weighted by Crippen LogP contribution is -2.35. The summed E-state index contributed by atoms with van der Waals surface area (Å²) in [5.41, 5.74) is 1.03. The van der Waals surface area contributed by atoms with Crippen molar-refractivity contribution in [2.75, 3.05) is 6.54 Å². The normalized spacial score (nSPS) is 13.4. The minimum absolute atomic E-state index is 0.107. The SMILES string of the molecule is C=C/C=C(\C=C)C[C@H](NCC)C(C)=O. The molecule has 2 nitrogen and oxygen atoms in total. The Kier molecular flexibility index (Phi) is 6.68. The van der Waals surface area contributed by atoms with E-state index in [0.29, 0.717) is 6.42 Å². The average molecular weight is 193 g/mol. The van der Waals surface area contributed by atoms with Crippen LogP contribution < -0.4 is 5.32 Å². The van der Waals surface area contributed by atoms with Gasteiger partial charge in [0.25, 0.3) is 0 Å². The molecule has 0 fully saturated rings. The topological polar surface area (TPSA) is 29.1 Å². The van der Waals surface area contributed by atoms with Gasteiger partial charge < -0.3 is 5.32 Å². The van der Waals surface area contributed by atoms with Crippen LogP contribution in [0.5, 0.6) is 0 Å². The Morgan fingerprint density at radius 3 is 2.50 bits per heavy atom. The molecule has 0 spiro atoms. The predicted molar refractivity (Wildman–Crippen MR) is 61.2 cm³/mol. The van der Waals surface area contributed by atoms with Crippen molar-refractivity contribution >= 4 is 5.78 Å². The fourth-order valence-corrected chi connectivity index (χ4v) is 1.21. The lowest BCUT2D eigenvalue weighted by Gasteiger charge is -2.14. The molecule has 0 heterocycles. The summed E-state index contributed by atoms with van der Waals surface area (Å²) in [6.07, 6.45) is 6.02. The van der Waals surface area contributed by atoms with Crippen molar-refractivity contribution < 1.29 is 4.79 Å². The van der Waals surface area contributed by atoms with Gasteiger partial charge in [-0.05, 0) is 25.5 Å². The monoisotopic (exact) mass is 193 g/mol. The van der Waals surface area contributed by atoms with Crippen LogP contribution in [-0.4, -0.2) is 18.4 Å². The molecule has 0 aromatic rings. The fraction of sp³-hybridized carbons (Fsp3) is 0.417. The van der Waals surface area contributed by atoms with Crippen LogP contribution in [0.4, 0.5) is 0 Å². The highest BCUT2D eigenvalue weighted by Crippen LogP contribution is 2.07. The van der Waals surface area contributed by atoms with E-state index < -0.39 is 0 Å². The number of carbonyl (C=O) groups excluding carboxylic acids is 1. The Balaban J connectivity index is 4.40. The number of rotatable bonds is 7. The highest BCUT2D eigenvalue weighted by atomic mass is 16.1. The van der Waals surface area contributed by atoms with E-state index in [1.165, 1.54) is 0 Å². The zero-order valence-electron chi connectivity index (χ0n) is 9.05. The van der Waals surface area contributed by atoms with Gasteiger partial charge in [-0.1, -0.05) is 38.3 Å². The summed E-state index contributed by atoms with van der Waals surface area (Å²) in [6.45, 7) is 11.7.